The Morgan fingerprint density at radius 2 is 1.60 bits per heavy atom. The molecule has 0 fully saturated rings. The fourth-order valence-electron chi connectivity index (χ4n) is 0.982. The van der Waals surface area contributed by atoms with Crippen LogP contribution in [0.15, 0.2) is 17.5 Å². The molecule has 1 aromatic heterocycles. The van der Waals surface area contributed by atoms with Gasteiger partial charge < -0.3 is 0 Å². The van der Waals surface area contributed by atoms with E-state index in [4.69, 9.17) is 0 Å². The molecule has 1 rings (SSSR count). The number of rotatable bonds is 3. The van der Waals surface area contributed by atoms with Gasteiger partial charge in [-0.1, -0.05) is 54.5 Å². The van der Waals surface area contributed by atoms with E-state index in [0.717, 1.165) is 11.8 Å². The number of hydrogen-bond acceptors (Lipinski definition) is 1. The quantitative estimate of drug-likeness (QED) is 0.628. The fraction of sp³-hybridized carbons (Fsp3) is 0.714. The molecule has 15 heavy (non-hydrogen) atoms. The van der Waals surface area contributed by atoms with Gasteiger partial charge in [-0.05, 0) is 29.7 Å². The van der Waals surface area contributed by atoms with Gasteiger partial charge in [0, 0.05) is 4.88 Å². The number of hydrogen-bond donors (Lipinski definition) is 0. The largest absolute Gasteiger partial charge is 0.149 e. The van der Waals surface area contributed by atoms with Crippen LogP contribution in [0.4, 0.5) is 0 Å². The van der Waals surface area contributed by atoms with Crippen molar-refractivity contribution < 1.29 is 0 Å². The van der Waals surface area contributed by atoms with E-state index in [1.807, 2.05) is 39.0 Å². The molecular formula is C14H28S. The highest BCUT2D eigenvalue weighted by Crippen LogP contribution is 2.19. The van der Waals surface area contributed by atoms with Gasteiger partial charge in [-0.2, -0.15) is 0 Å². The first kappa shape index (κ1) is 17.1. The normalized spacial score (nSPS) is 10.9. The lowest BCUT2D eigenvalue weighted by atomic mass is 9.94. The van der Waals surface area contributed by atoms with Crippen LogP contribution in [0.5, 0.6) is 0 Å². The minimum Gasteiger partial charge on any atom is -0.149 e. The van der Waals surface area contributed by atoms with E-state index in [-0.39, 0.29) is 0 Å². The van der Waals surface area contributed by atoms with Gasteiger partial charge >= 0.3 is 0 Å². The zero-order valence-electron chi connectivity index (χ0n) is 11.5. The summed E-state index contributed by atoms with van der Waals surface area (Å²) < 4.78 is 0. The van der Waals surface area contributed by atoms with Crippen LogP contribution in [0.1, 0.15) is 53.3 Å². The summed E-state index contributed by atoms with van der Waals surface area (Å²) in [6, 6.07) is 4.36. The topological polar surface area (TPSA) is 0 Å². The lowest BCUT2D eigenvalue weighted by Gasteiger charge is -2.13. The molecule has 0 amide bonds. The zero-order chi connectivity index (χ0) is 12.3. The first-order chi connectivity index (χ1) is 7.20. The SMILES string of the molecule is CC.CC.CC(C)C(C)Cc1cccs1. The van der Waals surface area contributed by atoms with Crippen molar-refractivity contribution in [2.45, 2.75) is 54.9 Å². The molecule has 1 aromatic rings. The molecule has 0 N–H and O–H groups in total. The summed E-state index contributed by atoms with van der Waals surface area (Å²) in [5.74, 6) is 1.62. The smallest absolute Gasteiger partial charge is 0.00479 e. The molecule has 0 aliphatic heterocycles. The summed E-state index contributed by atoms with van der Waals surface area (Å²) in [4.78, 5) is 1.52. The first-order valence-corrected chi connectivity index (χ1v) is 7.10. The zero-order valence-corrected chi connectivity index (χ0v) is 12.3. The van der Waals surface area contributed by atoms with Crippen LogP contribution in [0.25, 0.3) is 0 Å². The molecule has 0 bridgehead atoms. The molecule has 1 heterocycles. The van der Waals surface area contributed by atoms with Gasteiger partial charge in [0.25, 0.3) is 0 Å². The van der Waals surface area contributed by atoms with E-state index in [1.54, 1.807) is 0 Å². The molecule has 1 unspecified atom stereocenters. The molecular weight excluding hydrogens is 200 g/mol. The Hall–Kier alpha value is -0.300. The predicted octanol–water partition coefficient (Wildman–Crippen LogP) is 5.64. The third-order valence-electron chi connectivity index (χ3n) is 2.24. The Morgan fingerprint density at radius 1 is 1.07 bits per heavy atom. The summed E-state index contributed by atoms with van der Waals surface area (Å²) in [6.07, 6.45) is 1.25. The lowest BCUT2D eigenvalue weighted by molar-refractivity contribution is 0.420. The van der Waals surface area contributed by atoms with Gasteiger partial charge in [0.15, 0.2) is 0 Å². The van der Waals surface area contributed by atoms with Crippen molar-refractivity contribution in [1.82, 2.24) is 0 Å². The molecule has 1 heteroatoms. The molecule has 1 atom stereocenters. The van der Waals surface area contributed by atoms with Crippen molar-refractivity contribution in [2.75, 3.05) is 0 Å². The van der Waals surface area contributed by atoms with Crippen molar-refractivity contribution in [3.8, 4) is 0 Å². The minimum atomic E-state index is 0.803. The summed E-state index contributed by atoms with van der Waals surface area (Å²) in [6.45, 7) is 14.9. The van der Waals surface area contributed by atoms with Crippen LogP contribution < -0.4 is 0 Å². The molecule has 0 aromatic carbocycles. The Morgan fingerprint density at radius 3 is 1.93 bits per heavy atom. The highest BCUT2D eigenvalue weighted by molar-refractivity contribution is 7.09. The Bertz CT molecular complexity index is 187. The summed E-state index contributed by atoms with van der Waals surface area (Å²) in [5.41, 5.74) is 0. The van der Waals surface area contributed by atoms with E-state index in [9.17, 15) is 0 Å². The van der Waals surface area contributed by atoms with Crippen LogP contribution in [0, 0.1) is 11.8 Å². The molecule has 0 nitrogen and oxygen atoms in total. The van der Waals surface area contributed by atoms with Crippen molar-refractivity contribution in [3.05, 3.63) is 22.4 Å². The van der Waals surface area contributed by atoms with Crippen molar-refractivity contribution in [2.24, 2.45) is 11.8 Å². The van der Waals surface area contributed by atoms with Crippen LogP contribution in [-0.2, 0) is 6.42 Å². The summed E-state index contributed by atoms with van der Waals surface area (Å²) >= 11 is 1.87. The van der Waals surface area contributed by atoms with Crippen molar-refractivity contribution in [1.29, 1.82) is 0 Å². The van der Waals surface area contributed by atoms with E-state index < -0.39 is 0 Å². The monoisotopic (exact) mass is 228 g/mol. The summed E-state index contributed by atoms with van der Waals surface area (Å²) in [5, 5.41) is 2.16. The third kappa shape index (κ3) is 8.68. The molecule has 0 saturated heterocycles. The Labute approximate surface area is 101 Å². The van der Waals surface area contributed by atoms with Crippen LogP contribution in [0.3, 0.4) is 0 Å². The van der Waals surface area contributed by atoms with Gasteiger partial charge in [-0.15, -0.1) is 11.3 Å². The average Bonchev–Trinajstić information content (AvgIpc) is 2.76. The summed E-state index contributed by atoms with van der Waals surface area (Å²) in [7, 11) is 0. The van der Waals surface area contributed by atoms with Crippen LogP contribution in [0.2, 0.25) is 0 Å². The molecule has 0 radical (unpaired) electrons. The maximum atomic E-state index is 2.32. The van der Waals surface area contributed by atoms with Gasteiger partial charge in [0.05, 0.1) is 0 Å². The lowest BCUT2D eigenvalue weighted by Crippen LogP contribution is -2.05. The minimum absolute atomic E-state index is 0.803. The van der Waals surface area contributed by atoms with Crippen LogP contribution >= 0.6 is 11.3 Å². The second kappa shape index (κ2) is 11.8. The van der Waals surface area contributed by atoms with E-state index in [0.29, 0.717) is 0 Å². The highest BCUT2D eigenvalue weighted by atomic mass is 32.1. The van der Waals surface area contributed by atoms with Crippen molar-refractivity contribution in [3.63, 3.8) is 0 Å². The predicted molar refractivity (Wildman–Crippen MR) is 74.7 cm³/mol. The Kier molecular flexibility index (Phi) is 13.4. The second-order valence-electron chi connectivity index (χ2n) is 3.50. The molecule has 0 aliphatic rings. The standard InChI is InChI=1S/C10H16S.2C2H6/c1-8(2)9(3)7-10-5-4-6-11-10;2*1-2/h4-6,8-9H,7H2,1-3H3;2*1-2H3. The third-order valence-corrected chi connectivity index (χ3v) is 3.14. The average molecular weight is 228 g/mol. The van der Waals surface area contributed by atoms with E-state index in [2.05, 4.69) is 38.3 Å². The highest BCUT2D eigenvalue weighted by Gasteiger charge is 2.07. The molecule has 0 saturated carbocycles. The van der Waals surface area contributed by atoms with Crippen molar-refractivity contribution >= 4 is 11.3 Å². The van der Waals surface area contributed by atoms with E-state index >= 15 is 0 Å². The van der Waals surface area contributed by atoms with Gasteiger partial charge in [-0.3, -0.25) is 0 Å². The number of thiophene rings is 1. The maximum Gasteiger partial charge on any atom is 0.00479 e. The maximum absolute atomic E-state index is 2.32. The van der Waals surface area contributed by atoms with Gasteiger partial charge in [0.2, 0.25) is 0 Å². The Balaban J connectivity index is 0. The first-order valence-electron chi connectivity index (χ1n) is 6.22. The molecule has 90 valence electrons. The van der Waals surface area contributed by atoms with Crippen LogP contribution in [-0.4, -0.2) is 0 Å². The molecule has 0 aliphatic carbocycles. The fourth-order valence-corrected chi connectivity index (χ4v) is 1.83. The second-order valence-corrected chi connectivity index (χ2v) is 4.54. The van der Waals surface area contributed by atoms with Gasteiger partial charge in [0.1, 0.15) is 0 Å². The van der Waals surface area contributed by atoms with E-state index in [1.165, 1.54) is 11.3 Å². The molecule has 0 spiro atoms. The van der Waals surface area contributed by atoms with Gasteiger partial charge in [-0.25, -0.2) is 0 Å².